The van der Waals surface area contributed by atoms with Gasteiger partial charge in [0.25, 0.3) is 5.56 Å². The third-order valence-electron chi connectivity index (χ3n) is 5.74. The smallest absolute Gasteiger partial charge is 0.356 e. The van der Waals surface area contributed by atoms with Gasteiger partial charge in [0.05, 0.1) is 11.7 Å². The molecule has 3 aromatic rings. The molecule has 2 N–H and O–H groups in total. The molecule has 10 heteroatoms. The summed E-state index contributed by atoms with van der Waals surface area (Å²) in [5, 5.41) is 22.5. The minimum absolute atomic E-state index is 0.0293. The number of aryl methyl sites for hydroxylation is 1. The maximum atomic E-state index is 13.2. The Morgan fingerprint density at radius 3 is 2.67 bits per heavy atom. The molecule has 0 amide bonds. The molecule has 0 unspecified atom stereocenters. The van der Waals surface area contributed by atoms with Crippen LogP contribution in [-0.2, 0) is 0 Å². The minimum atomic E-state index is -1.21. The summed E-state index contributed by atoms with van der Waals surface area (Å²) >= 11 is 5.87. The molecule has 1 saturated heterocycles. The van der Waals surface area contributed by atoms with E-state index in [0.29, 0.717) is 22.7 Å². The Morgan fingerprint density at radius 1 is 1.27 bits per heavy atom. The second-order valence-corrected chi connectivity index (χ2v) is 8.53. The molecule has 4 heterocycles. The van der Waals surface area contributed by atoms with Crippen LogP contribution in [0.3, 0.4) is 0 Å². The number of nitrogens with zero attached hydrogens (tertiary/aromatic N) is 5. The standard InChI is InChI=1S/C23H23ClN6O3/c1-13-10-15(14(2)26-17-6-7-18(24)27-19(17)23(32)33)21-28-20(29-8-4-3-5-9-29)16(11-25)22(31)30(21)12-13/h6-7,10,12,14,26H,3-5,8-9H2,1-2H3,(H,32,33)/t14-/m1/s1. The summed E-state index contributed by atoms with van der Waals surface area (Å²) in [5.74, 6) is -0.805. The van der Waals surface area contributed by atoms with Crippen LogP contribution in [0.5, 0.6) is 0 Å². The van der Waals surface area contributed by atoms with Gasteiger partial charge in [0, 0.05) is 24.8 Å². The number of hydrogen-bond acceptors (Lipinski definition) is 7. The third-order valence-corrected chi connectivity index (χ3v) is 5.95. The average molecular weight is 467 g/mol. The summed E-state index contributed by atoms with van der Waals surface area (Å²) in [6.45, 7) is 5.18. The number of rotatable bonds is 5. The van der Waals surface area contributed by atoms with Crippen molar-refractivity contribution in [2.75, 3.05) is 23.3 Å². The maximum absolute atomic E-state index is 13.2. The molecular formula is C23H23ClN6O3. The second kappa shape index (κ2) is 9.08. The lowest BCUT2D eigenvalue weighted by Crippen LogP contribution is -2.34. The van der Waals surface area contributed by atoms with Crippen LogP contribution < -0.4 is 15.8 Å². The van der Waals surface area contributed by atoms with E-state index in [1.807, 2.05) is 30.9 Å². The van der Waals surface area contributed by atoms with Gasteiger partial charge in [-0.3, -0.25) is 9.20 Å². The lowest BCUT2D eigenvalue weighted by Gasteiger charge is -2.29. The Kier molecular flexibility index (Phi) is 6.20. The van der Waals surface area contributed by atoms with Gasteiger partial charge in [-0.25, -0.2) is 14.8 Å². The first-order valence-corrected chi connectivity index (χ1v) is 11.1. The summed E-state index contributed by atoms with van der Waals surface area (Å²) in [4.78, 5) is 35.6. The zero-order chi connectivity index (χ0) is 23.7. The van der Waals surface area contributed by atoms with Crippen LogP contribution in [-0.4, -0.2) is 38.5 Å². The molecular weight excluding hydrogens is 444 g/mol. The van der Waals surface area contributed by atoms with Gasteiger partial charge < -0.3 is 15.3 Å². The number of anilines is 2. The van der Waals surface area contributed by atoms with E-state index in [1.54, 1.807) is 12.3 Å². The van der Waals surface area contributed by atoms with Crippen LogP contribution in [0.4, 0.5) is 11.5 Å². The van der Waals surface area contributed by atoms with Crippen molar-refractivity contribution >= 4 is 34.7 Å². The molecule has 33 heavy (non-hydrogen) atoms. The Balaban J connectivity index is 1.86. The van der Waals surface area contributed by atoms with Gasteiger partial charge in [-0.2, -0.15) is 5.26 Å². The molecule has 0 radical (unpaired) electrons. The van der Waals surface area contributed by atoms with Crippen molar-refractivity contribution < 1.29 is 9.90 Å². The van der Waals surface area contributed by atoms with Gasteiger partial charge in [-0.15, -0.1) is 0 Å². The summed E-state index contributed by atoms with van der Waals surface area (Å²) in [6, 6.07) is 6.59. The molecule has 0 spiro atoms. The molecule has 1 fully saturated rings. The van der Waals surface area contributed by atoms with Gasteiger partial charge in [0.2, 0.25) is 0 Å². The SMILES string of the molecule is Cc1cc([C@@H](C)Nc2ccc(Cl)nc2C(=O)O)c2nc(N3CCCCC3)c(C#N)c(=O)n2c1. The Morgan fingerprint density at radius 2 is 2.00 bits per heavy atom. The molecule has 3 aromatic heterocycles. The molecule has 9 nitrogen and oxygen atoms in total. The number of hydrogen-bond donors (Lipinski definition) is 2. The van der Waals surface area contributed by atoms with Crippen molar-refractivity contribution in [3.05, 3.63) is 62.3 Å². The van der Waals surface area contributed by atoms with Gasteiger partial charge in [-0.1, -0.05) is 11.6 Å². The van der Waals surface area contributed by atoms with Gasteiger partial charge in [0.15, 0.2) is 17.1 Å². The van der Waals surface area contributed by atoms with E-state index in [-0.39, 0.29) is 16.4 Å². The third kappa shape index (κ3) is 4.34. The lowest BCUT2D eigenvalue weighted by molar-refractivity contribution is 0.0691. The van der Waals surface area contributed by atoms with Crippen LogP contribution in [0.25, 0.3) is 5.65 Å². The van der Waals surface area contributed by atoms with Crippen LogP contribution in [0.1, 0.15) is 59.4 Å². The molecule has 4 rings (SSSR count). The highest BCUT2D eigenvalue weighted by molar-refractivity contribution is 6.29. The molecule has 0 bridgehead atoms. The number of carboxylic acid groups (broad SMARTS) is 1. The number of carbonyl (C=O) groups is 1. The number of aromatic carboxylic acids is 1. The summed E-state index contributed by atoms with van der Waals surface area (Å²) < 4.78 is 1.40. The van der Waals surface area contributed by atoms with E-state index >= 15 is 0 Å². The second-order valence-electron chi connectivity index (χ2n) is 8.14. The number of aromatic nitrogens is 3. The first-order valence-electron chi connectivity index (χ1n) is 10.7. The Labute approximate surface area is 195 Å². The fourth-order valence-electron chi connectivity index (χ4n) is 4.17. The number of fused-ring (bicyclic) bond motifs is 1. The fraction of sp³-hybridized carbons (Fsp3) is 0.348. The van der Waals surface area contributed by atoms with Crippen molar-refractivity contribution in [1.82, 2.24) is 14.4 Å². The number of nitriles is 1. The van der Waals surface area contributed by atoms with E-state index in [4.69, 9.17) is 16.6 Å². The van der Waals surface area contributed by atoms with Crippen molar-refractivity contribution in [3.63, 3.8) is 0 Å². The van der Waals surface area contributed by atoms with Gasteiger partial charge >= 0.3 is 5.97 Å². The van der Waals surface area contributed by atoms with Crippen molar-refractivity contribution in [2.24, 2.45) is 0 Å². The number of carboxylic acids is 1. The molecule has 170 valence electrons. The van der Waals surface area contributed by atoms with E-state index < -0.39 is 17.6 Å². The van der Waals surface area contributed by atoms with E-state index in [0.717, 1.165) is 37.9 Å². The average Bonchev–Trinajstić information content (AvgIpc) is 2.80. The molecule has 0 aromatic carbocycles. The predicted octanol–water partition coefficient (Wildman–Crippen LogP) is 3.78. The molecule has 1 aliphatic heterocycles. The number of pyridine rings is 2. The quantitative estimate of drug-likeness (QED) is 0.544. The van der Waals surface area contributed by atoms with E-state index in [9.17, 15) is 20.0 Å². The topological polar surface area (TPSA) is 124 Å². The van der Waals surface area contributed by atoms with Crippen molar-refractivity contribution in [2.45, 2.75) is 39.2 Å². The zero-order valence-electron chi connectivity index (χ0n) is 18.3. The molecule has 0 aliphatic carbocycles. The Hall–Kier alpha value is -3.64. The number of nitrogens with one attached hydrogen (secondary N) is 1. The maximum Gasteiger partial charge on any atom is 0.356 e. The largest absolute Gasteiger partial charge is 0.476 e. The summed E-state index contributed by atoms with van der Waals surface area (Å²) in [7, 11) is 0. The number of halogens is 1. The van der Waals surface area contributed by atoms with Crippen molar-refractivity contribution in [1.29, 1.82) is 5.26 Å². The first kappa shape index (κ1) is 22.6. The number of piperidine rings is 1. The normalized spacial score (nSPS) is 14.7. The zero-order valence-corrected chi connectivity index (χ0v) is 19.1. The highest BCUT2D eigenvalue weighted by Crippen LogP contribution is 2.28. The molecule has 0 saturated carbocycles. The highest BCUT2D eigenvalue weighted by atomic mass is 35.5. The summed E-state index contributed by atoms with van der Waals surface area (Å²) in [5.41, 5.74) is 1.63. The monoisotopic (exact) mass is 466 g/mol. The first-order chi connectivity index (χ1) is 15.8. The lowest BCUT2D eigenvalue weighted by atomic mass is 10.1. The van der Waals surface area contributed by atoms with Gasteiger partial charge in [-0.05, 0) is 56.9 Å². The fourth-order valence-corrected chi connectivity index (χ4v) is 4.32. The minimum Gasteiger partial charge on any atom is -0.476 e. The van der Waals surface area contributed by atoms with Crippen LogP contribution in [0.15, 0.2) is 29.2 Å². The highest BCUT2D eigenvalue weighted by Gasteiger charge is 2.23. The molecule has 1 aliphatic rings. The van der Waals surface area contributed by atoms with Crippen molar-refractivity contribution in [3.8, 4) is 6.07 Å². The van der Waals surface area contributed by atoms with Gasteiger partial charge in [0.1, 0.15) is 16.9 Å². The van der Waals surface area contributed by atoms with Crippen LogP contribution >= 0.6 is 11.6 Å². The predicted molar refractivity (Wildman–Crippen MR) is 125 cm³/mol. The van der Waals surface area contributed by atoms with E-state index in [2.05, 4.69) is 10.3 Å². The Bertz CT molecular complexity index is 1340. The van der Waals surface area contributed by atoms with Crippen LogP contribution in [0.2, 0.25) is 5.15 Å². The molecule has 1 atom stereocenters. The van der Waals surface area contributed by atoms with Crippen LogP contribution in [0, 0.1) is 18.3 Å². The van der Waals surface area contributed by atoms with E-state index in [1.165, 1.54) is 10.5 Å². The summed E-state index contributed by atoms with van der Waals surface area (Å²) in [6.07, 6.45) is 4.73.